The third-order valence-electron chi connectivity index (χ3n) is 3.15. The first-order valence-electron chi connectivity index (χ1n) is 6.22. The van der Waals surface area contributed by atoms with Crippen molar-refractivity contribution in [2.75, 3.05) is 12.3 Å². The van der Waals surface area contributed by atoms with Crippen molar-refractivity contribution in [3.8, 4) is 0 Å². The summed E-state index contributed by atoms with van der Waals surface area (Å²) in [5.74, 6) is 0. The molecule has 5 heteroatoms. The van der Waals surface area contributed by atoms with E-state index in [4.69, 9.17) is 5.73 Å². The number of benzene rings is 1. The van der Waals surface area contributed by atoms with Gasteiger partial charge in [-0.2, -0.15) is 4.31 Å². The van der Waals surface area contributed by atoms with Crippen molar-refractivity contribution in [2.24, 2.45) is 0 Å². The van der Waals surface area contributed by atoms with E-state index in [-0.39, 0.29) is 10.9 Å². The molecule has 0 heterocycles. The summed E-state index contributed by atoms with van der Waals surface area (Å²) in [5, 5.41) is 0. The fraction of sp³-hybridized carbons (Fsp3) is 0.538. The second-order valence-electron chi connectivity index (χ2n) is 4.51. The Morgan fingerprint density at radius 2 is 1.94 bits per heavy atom. The molecule has 0 amide bonds. The monoisotopic (exact) mass is 270 g/mol. The molecular formula is C13H22N2O2S. The number of anilines is 1. The normalized spacial score (nSPS) is 13.8. The molecule has 0 saturated carbocycles. The van der Waals surface area contributed by atoms with Crippen LogP contribution in [0.4, 0.5) is 5.69 Å². The van der Waals surface area contributed by atoms with E-state index < -0.39 is 10.0 Å². The van der Waals surface area contributed by atoms with Crippen molar-refractivity contribution in [3.05, 3.63) is 23.8 Å². The van der Waals surface area contributed by atoms with Gasteiger partial charge in [-0.3, -0.25) is 0 Å². The summed E-state index contributed by atoms with van der Waals surface area (Å²) in [6, 6.07) is 5.02. The minimum Gasteiger partial charge on any atom is -0.398 e. The topological polar surface area (TPSA) is 63.4 Å². The van der Waals surface area contributed by atoms with Crippen LogP contribution in [0.25, 0.3) is 0 Å². The molecule has 1 rings (SSSR count). The van der Waals surface area contributed by atoms with Crippen molar-refractivity contribution < 1.29 is 8.42 Å². The van der Waals surface area contributed by atoms with Gasteiger partial charge >= 0.3 is 0 Å². The average Bonchev–Trinajstić information content (AvgIpc) is 2.28. The fourth-order valence-electron chi connectivity index (χ4n) is 1.95. The van der Waals surface area contributed by atoms with Gasteiger partial charge in [-0.15, -0.1) is 0 Å². The molecule has 1 unspecified atom stereocenters. The smallest absolute Gasteiger partial charge is 0.245 e. The second kappa shape index (κ2) is 5.71. The van der Waals surface area contributed by atoms with Gasteiger partial charge in [0.2, 0.25) is 10.0 Å². The molecule has 0 aliphatic rings. The zero-order chi connectivity index (χ0) is 13.9. The maximum absolute atomic E-state index is 12.5. The van der Waals surface area contributed by atoms with E-state index in [0.29, 0.717) is 12.2 Å². The number of nitrogen functional groups attached to an aromatic ring is 1. The Balaban J connectivity index is 3.27. The molecule has 1 aromatic rings. The van der Waals surface area contributed by atoms with Crippen molar-refractivity contribution in [2.45, 2.75) is 45.1 Å². The molecule has 102 valence electrons. The van der Waals surface area contributed by atoms with Crippen LogP contribution in [0.5, 0.6) is 0 Å². The fourth-order valence-corrected chi connectivity index (χ4v) is 3.76. The highest BCUT2D eigenvalue weighted by Crippen LogP contribution is 2.25. The van der Waals surface area contributed by atoms with Crippen LogP contribution in [0.3, 0.4) is 0 Å². The summed E-state index contributed by atoms with van der Waals surface area (Å²) in [7, 11) is -3.50. The highest BCUT2D eigenvalue weighted by atomic mass is 32.2. The maximum Gasteiger partial charge on any atom is 0.245 e. The molecule has 18 heavy (non-hydrogen) atoms. The Labute approximate surface area is 110 Å². The minimum atomic E-state index is -3.50. The zero-order valence-electron chi connectivity index (χ0n) is 11.5. The molecule has 0 radical (unpaired) electrons. The quantitative estimate of drug-likeness (QED) is 0.836. The molecule has 0 saturated heterocycles. The van der Waals surface area contributed by atoms with Gasteiger partial charge in [0, 0.05) is 12.6 Å². The van der Waals surface area contributed by atoms with Gasteiger partial charge in [-0.25, -0.2) is 8.42 Å². The van der Waals surface area contributed by atoms with E-state index in [9.17, 15) is 8.42 Å². The van der Waals surface area contributed by atoms with E-state index in [1.54, 1.807) is 18.2 Å². The van der Waals surface area contributed by atoms with E-state index in [2.05, 4.69) is 0 Å². The molecule has 4 nitrogen and oxygen atoms in total. The van der Waals surface area contributed by atoms with Crippen LogP contribution in [0.15, 0.2) is 23.1 Å². The van der Waals surface area contributed by atoms with Crippen molar-refractivity contribution in [1.82, 2.24) is 4.31 Å². The van der Waals surface area contributed by atoms with Crippen LogP contribution in [0.1, 0.15) is 32.8 Å². The third-order valence-corrected chi connectivity index (χ3v) is 5.31. The summed E-state index contributed by atoms with van der Waals surface area (Å²) in [6.45, 7) is 8.06. The lowest BCUT2D eigenvalue weighted by atomic mass is 10.2. The van der Waals surface area contributed by atoms with Gasteiger partial charge in [0.05, 0.1) is 5.69 Å². The van der Waals surface area contributed by atoms with E-state index in [1.807, 2.05) is 27.7 Å². The molecule has 0 fully saturated rings. The van der Waals surface area contributed by atoms with E-state index >= 15 is 0 Å². The van der Waals surface area contributed by atoms with Crippen LogP contribution >= 0.6 is 0 Å². The Kier molecular flexibility index (Phi) is 4.76. The molecule has 0 bridgehead atoms. The number of sulfonamides is 1. The second-order valence-corrected chi connectivity index (χ2v) is 6.37. The number of nitrogens with zero attached hydrogens (tertiary/aromatic N) is 1. The SMILES string of the molecule is CCC(C)N(CC)S(=O)(=O)c1ccc(C)cc1N. The Bertz CT molecular complexity index is 512. The number of aryl methyl sites for hydroxylation is 1. The number of hydrogen-bond acceptors (Lipinski definition) is 3. The maximum atomic E-state index is 12.5. The van der Waals surface area contributed by atoms with Gasteiger partial charge < -0.3 is 5.73 Å². The summed E-state index contributed by atoms with van der Waals surface area (Å²) in [4.78, 5) is 0.204. The molecular weight excluding hydrogens is 248 g/mol. The molecule has 1 aromatic carbocycles. The average molecular weight is 270 g/mol. The van der Waals surface area contributed by atoms with E-state index in [0.717, 1.165) is 12.0 Å². The minimum absolute atomic E-state index is 0.0271. The molecule has 1 atom stereocenters. The molecule has 0 aromatic heterocycles. The lowest BCUT2D eigenvalue weighted by molar-refractivity contribution is 0.342. The highest BCUT2D eigenvalue weighted by Gasteiger charge is 2.28. The first-order chi connectivity index (χ1) is 8.34. The number of nitrogens with two attached hydrogens (primary N) is 1. The Hall–Kier alpha value is -1.07. The largest absolute Gasteiger partial charge is 0.398 e. The highest BCUT2D eigenvalue weighted by molar-refractivity contribution is 7.89. The summed E-state index contributed by atoms with van der Waals surface area (Å²) >= 11 is 0. The zero-order valence-corrected chi connectivity index (χ0v) is 12.3. The third kappa shape index (κ3) is 2.84. The van der Waals surface area contributed by atoms with Crippen LogP contribution in [-0.4, -0.2) is 25.3 Å². The molecule has 0 spiro atoms. The summed E-state index contributed by atoms with van der Waals surface area (Å²) in [5.41, 5.74) is 7.11. The summed E-state index contributed by atoms with van der Waals surface area (Å²) < 4.78 is 26.6. The van der Waals surface area contributed by atoms with Crippen molar-refractivity contribution >= 4 is 15.7 Å². The molecule has 0 aliphatic heterocycles. The van der Waals surface area contributed by atoms with Gasteiger partial charge in [0.15, 0.2) is 0 Å². The first kappa shape index (κ1) is 15.0. The van der Waals surface area contributed by atoms with Crippen LogP contribution in [0.2, 0.25) is 0 Å². The Morgan fingerprint density at radius 1 is 1.33 bits per heavy atom. The first-order valence-corrected chi connectivity index (χ1v) is 7.66. The van der Waals surface area contributed by atoms with Gasteiger partial charge in [-0.05, 0) is 38.0 Å². The van der Waals surface area contributed by atoms with Gasteiger partial charge in [0.1, 0.15) is 4.90 Å². The van der Waals surface area contributed by atoms with Gasteiger partial charge in [-0.1, -0.05) is 19.9 Å². The Morgan fingerprint density at radius 3 is 2.39 bits per heavy atom. The molecule has 0 aliphatic carbocycles. The standard InChI is InChI=1S/C13H22N2O2S/c1-5-11(4)15(6-2)18(16,17)13-8-7-10(3)9-12(13)14/h7-9,11H,5-6,14H2,1-4H3. The van der Waals surface area contributed by atoms with Crippen molar-refractivity contribution in [3.63, 3.8) is 0 Å². The van der Waals surface area contributed by atoms with Gasteiger partial charge in [0.25, 0.3) is 0 Å². The summed E-state index contributed by atoms with van der Waals surface area (Å²) in [6.07, 6.45) is 0.777. The van der Waals surface area contributed by atoms with Crippen LogP contribution < -0.4 is 5.73 Å². The van der Waals surface area contributed by atoms with E-state index in [1.165, 1.54) is 4.31 Å². The number of rotatable bonds is 5. The van der Waals surface area contributed by atoms with Crippen LogP contribution in [-0.2, 0) is 10.0 Å². The molecule has 2 N–H and O–H groups in total. The van der Waals surface area contributed by atoms with Crippen molar-refractivity contribution in [1.29, 1.82) is 0 Å². The predicted octanol–water partition coefficient (Wildman–Crippen LogP) is 2.39. The lowest BCUT2D eigenvalue weighted by Crippen LogP contribution is -2.38. The predicted molar refractivity (Wildman–Crippen MR) is 74.9 cm³/mol. The lowest BCUT2D eigenvalue weighted by Gasteiger charge is -2.26. The number of hydrogen-bond donors (Lipinski definition) is 1. The van der Waals surface area contributed by atoms with Crippen LogP contribution in [0, 0.1) is 6.92 Å².